The number of amides is 3. The number of imide groups is 1. The Morgan fingerprint density at radius 1 is 1.16 bits per heavy atom. The van der Waals surface area contributed by atoms with Gasteiger partial charge in [0.05, 0.1) is 16.7 Å². The van der Waals surface area contributed by atoms with Gasteiger partial charge in [0.2, 0.25) is 12.7 Å². The summed E-state index contributed by atoms with van der Waals surface area (Å²) in [5.41, 5.74) is 0.898. The van der Waals surface area contributed by atoms with Gasteiger partial charge in [-0.05, 0) is 30.7 Å². The predicted octanol–water partition coefficient (Wildman–Crippen LogP) is 2.98. The Balaban J connectivity index is 1.40. The zero-order chi connectivity index (χ0) is 21.8. The number of anilines is 1. The third-order valence-electron chi connectivity index (χ3n) is 4.49. The number of aromatic nitrogens is 2. The summed E-state index contributed by atoms with van der Waals surface area (Å²) in [5.74, 6) is 0.548. The number of hydrogen-bond donors (Lipinski definition) is 2. The summed E-state index contributed by atoms with van der Waals surface area (Å²) in [5, 5.41) is 5.83. The molecule has 31 heavy (non-hydrogen) atoms. The third kappa shape index (κ3) is 4.64. The van der Waals surface area contributed by atoms with Gasteiger partial charge in [0, 0.05) is 18.3 Å². The lowest BCUT2D eigenvalue weighted by Gasteiger charge is -2.12. The van der Waals surface area contributed by atoms with E-state index in [-0.39, 0.29) is 18.1 Å². The van der Waals surface area contributed by atoms with Crippen LogP contribution in [0.25, 0.3) is 10.9 Å². The molecule has 3 amide bonds. The number of ether oxygens (including phenoxy) is 2. The van der Waals surface area contributed by atoms with Crippen LogP contribution in [0.2, 0.25) is 0 Å². The topological polar surface area (TPSA) is 112 Å². The number of urea groups is 1. The van der Waals surface area contributed by atoms with Gasteiger partial charge in [-0.2, -0.15) is 0 Å². The molecule has 10 heteroatoms. The van der Waals surface area contributed by atoms with Gasteiger partial charge in [-0.25, -0.2) is 9.78 Å². The van der Waals surface area contributed by atoms with Gasteiger partial charge in [0.15, 0.2) is 16.7 Å². The number of para-hydroxylation sites is 1. The molecule has 0 saturated carbocycles. The second-order valence-electron chi connectivity index (χ2n) is 6.73. The quantitative estimate of drug-likeness (QED) is 0.448. The molecule has 1 aliphatic heterocycles. The van der Waals surface area contributed by atoms with Crippen molar-refractivity contribution in [3.63, 3.8) is 0 Å². The number of carbonyl (C=O) groups is 2. The molecular formula is C21H20N4O5S. The van der Waals surface area contributed by atoms with Gasteiger partial charge in [-0.3, -0.25) is 19.5 Å². The molecule has 1 aromatic heterocycles. The fraction of sp³-hybridized carbons (Fsp3) is 0.238. The van der Waals surface area contributed by atoms with Crippen molar-refractivity contribution in [2.45, 2.75) is 25.0 Å². The first-order valence-electron chi connectivity index (χ1n) is 9.68. The molecule has 0 bridgehead atoms. The van der Waals surface area contributed by atoms with E-state index in [1.165, 1.54) is 0 Å². The Hall–Kier alpha value is -3.53. The number of thioether (sulfide) groups is 1. The molecule has 3 aromatic rings. The van der Waals surface area contributed by atoms with Gasteiger partial charge in [0.1, 0.15) is 0 Å². The van der Waals surface area contributed by atoms with E-state index in [1.54, 1.807) is 47.0 Å². The first-order chi connectivity index (χ1) is 15.0. The smallest absolute Gasteiger partial charge is 0.325 e. The second kappa shape index (κ2) is 9.09. The van der Waals surface area contributed by atoms with Gasteiger partial charge < -0.3 is 14.8 Å². The van der Waals surface area contributed by atoms with Crippen LogP contribution < -0.4 is 25.7 Å². The van der Waals surface area contributed by atoms with E-state index in [2.05, 4.69) is 15.6 Å². The van der Waals surface area contributed by atoms with Crippen molar-refractivity contribution in [3.05, 3.63) is 52.8 Å². The van der Waals surface area contributed by atoms with Crippen molar-refractivity contribution < 1.29 is 19.1 Å². The maximum Gasteiger partial charge on any atom is 0.325 e. The van der Waals surface area contributed by atoms with E-state index in [0.717, 1.165) is 18.2 Å². The molecule has 2 heterocycles. The lowest BCUT2D eigenvalue weighted by Crippen LogP contribution is -2.35. The lowest BCUT2D eigenvalue weighted by molar-refractivity contribution is -0.117. The first kappa shape index (κ1) is 20.7. The molecule has 4 rings (SSSR count). The first-order valence-corrected chi connectivity index (χ1v) is 10.7. The summed E-state index contributed by atoms with van der Waals surface area (Å²) in [6.07, 6.45) is 0.748. The van der Waals surface area contributed by atoms with Gasteiger partial charge in [-0.1, -0.05) is 30.8 Å². The number of benzene rings is 2. The van der Waals surface area contributed by atoms with E-state index in [4.69, 9.17) is 9.47 Å². The molecule has 0 fully saturated rings. The van der Waals surface area contributed by atoms with Crippen molar-refractivity contribution in [2.24, 2.45) is 0 Å². The fourth-order valence-electron chi connectivity index (χ4n) is 3.11. The summed E-state index contributed by atoms with van der Waals surface area (Å²) < 4.78 is 12.0. The standard InChI is InChI=1S/C21H20N4O5S/c1-2-9-25-19(27)14-5-3-4-6-15(14)23-21(25)31-11-18(26)24-20(28)22-13-7-8-16-17(10-13)30-12-29-16/h3-8,10H,2,9,11-12H2,1H3,(H2,22,24,26,28). The molecule has 9 nitrogen and oxygen atoms in total. The Morgan fingerprint density at radius 2 is 1.97 bits per heavy atom. The average molecular weight is 440 g/mol. The molecular weight excluding hydrogens is 420 g/mol. The number of nitrogens with zero attached hydrogens (tertiary/aromatic N) is 2. The lowest BCUT2D eigenvalue weighted by atomic mass is 10.2. The SMILES string of the molecule is CCCn1c(SCC(=O)NC(=O)Nc2ccc3c(c2)OCO3)nc2ccccc2c1=O. The summed E-state index contributed by atoms with van der Waals surface area (Å²) in [4.78, 5) is 41.7. The minimum absolute atomic E-state index is 0.0664. The van der Waals surface area contributed by atoms with Crippen LogP contribution in [0.1, 0.15) is 13.3 Å². The Labute approximate surface area is 181 Å². The van der Waals surface area contributed by atoms with E-state index in [9.17, 15) is 14.4 Å². The predicted molar refractivity (Wildman–Crippen MR) is 117 cm³/mol. The van der Waals surface area contributed by atoms with Crippen molar-refractivity contribution >= 4 is 40.3 Å². The summed E-state index contributed by atoms with van der Waals surface area (Å²) in [6.45, 7) is 2.58. The molecule has 2 aromatic carbocycles. The molecule has 2 N–H and O–H groups in total. The molecule has 1 aliphatic rings. The van der Waals surface area contributed by atoms with Crippen LogP contribution in [0.5, 0.6) is 11.5 Å². The average Bonchev–Trinajstić information content (AvgIpc) is 3.22. The molecule has 0 radical (unpaired) electrons. The zero-order valence-corrected chi connectivity index (χ0v) is 17.5. The highest BCUT2D eigenvalue weighted by Gasteiger charge is 2.16. The molecule has 0 aliphatic carbocycles. The Morgan fingerprint density at radius 3 is 2.81 bits per heavy atom. The minimum atomic E-state index is -0.665. The van der Waals surface area contributed by atoms with Crippen molar-refractivity contribution in [2.75, 3.05) is 17.9 Å². The maximum absolute atomic E-state index is 12.8. The van der Waals surface area contributed by atoms with Crippen LogP contribution >= 0.6 is 11.8 Å². The normalized spacial score (nSPS) is 12.0. The number of fused-ring (bicyclic) bond motifs is 2. The van der Waals surface area contributed by atoms with Gasteiger partial charge >= 0.3 is 6.03 Å². The highest BCUT2D eigenvalue weighted by molar-refractivity contribution is 7.99. The number of nitrogens with one attached hydrogen (secondary N) is 2. The highest BCUT2D eigenvalue weighted by Crippen LogP contribution is 2.34. The molecule has 0 unspecified atom stereocenters. The minimum Gasteiger partial charge on any atom is -0.454 e. The molecule has 160 valence electrons. The van der Waals surface area contributed by atoms with E-state index in [1.807, 2.05) is 6.92 Å². The monoisotopic (exact) mass is 440 g/mol. The van der Waals surface area contributed by atoms with Crippen molar-refractivity contribution in [3.8, 4) is 11.5 Å². The van der Waals surface area contributed by atoms with Crippen LogP contribution in [-0.4, -0.2) is 34.0 Å². The van der Waals surface area contributed by atoms with Crippen molar-refractivity contribution in [1.29, 1.82) is 0 Å². The number of rotatable bonds is 6. The van der Waals surface area contributed by atoms with Crippen LogP contribution in [0.4, 0.5) is 10.5 Å². The molecule has 0 spiro atoms. The number of carbonyl (C=O) groups excluding carboxylic acids is 2. The summed E-state index contributed by atoms with van der Waals surface area (Å²) >= 11 is 1.11. The Kier molecular flexibility index (Phi) is 6.08. The van der Waals surface area contributed by atoms with Gasteiger partial charge in [-0.15, -0.1) is 0 Å². The van der Waals surface area contributed by atoms with Crippen LogP contribution in [0, 0.1) is 0 Å². The Bertz CT molecular complexity index is 1210. The van der Waals surface area contributed by atoms with Crippen LogP contribution in [0.3, 0.4) is 0 Å². The summed E-state index contributed by atoms with van der Waals surface area (Å²) in [7, 11) is 0. The largest absolute Gasteiger partial charge is 0.454 e. The van der Waals surface area contributed by atoms with Gasteiger partial charge in [0.25, 0.3) is 5.56 Å². The molecule has 0 saturated heterocycles. The van der Waals surface area contributed by atoms with E-state index in [0.29, 0.717) is 39.8 Å². The van der Waals surface area contributed by atoms with Crippen LogP contribution in [0.15, 0.2) is 52.4 Å². The number of hydrogen-bond acceptors (Lipinski definition) is 7. The van der Waals surface area contributed by atoms with E-state index >= 15 is 0 Å². The third-order valence-corrected chi connectivity index (χ3v) is 5.47. The fourth-order valence-corrected chi connectivity index (χ4v) is 3.93. The maximum atomic E-state index is 12.8. The van der Waals surface area contributed by atoms with E-state index < -0.39 is 11.9 Å². The summed E-state index contributed by atoms with van der Waals surface area (Å²) in [6, 6.07) is 11.4. The zero-order valence-electron chi connectivity index (χ0n) is 16.7. The second-order valence-corrected chi connectivity index (χ2v) is 7.67. The highest BCUT2D eigenvalue weighted by atomic mass is 32.2. The van der Waals surface area contributed by atoms with Crippen molar-refractivity contribution in [1.82, 2.24) is 14.9 Å². The molecule has 0 atom stereocenters. The van der Waals surface area contributed by atoms with Crippen LogP contribution in [-0.2, 0) is 11.3 Å².